The van der Waals surface area contributed by atoms with Gasteiger partial charge in [-0.2, -0.15) is 0 Å². The zero-order chi connectivity index (χ0) is 20.7. The number of benzene rings is 2. The minimum Gasteiger partial charge on any atom is -0.404 e. The van der Waals surface area contributed by atoms with Crippen molar-refractivity contribution < 1.29 is 22.6 Å². The summed E-state index contributed by atoms with van der Waals surface area (Å²) in [7, 11) is 0. The fraction of sp³-hybridized carbons (Fsp3) is 0.350. The van der Waals surface area contributed by atoms with Crippen molar-refractivity contribution in [1.29, 1.82) is 0 Å². The van der Waals surface area contributed by atoms with E-state index in [9.17, 15) is 13.2 Å². The van der Waals surface area contributed by atoms with E-state index in [1.165, 1.54) is 23.8 Å². The molecule has 0 spiro atoms. The summed E-state index contributed by atoms with van der Waals surface area (Å²) >= 11 is 0. The van der Waals surface area contributed by atoms with Crippen molar-refractivity contribution in [2.45, 2.75) is 19.5 Å². The summed E-state index contributed by atoms with van der Waals surface area (Å²) in [6, 6.07) is 13.7. The predicted molar refractivity (Wildman–Crippen MR) is 105 cm³/mol. The summed E-state index contributed by atoms with van der Waals surface area (Å²) in [6.45, 7) is 4.54. The lowest BCUT2D eigenvalue weighted by molar-refractivity contribution is -0.274. The van der Waals surface area contributed by atoms with Crippen LogP contribution < -0.4 is 15.8 Å². The first-order valence-electron chi connectivity index (χ1n) is 9.19. The van der Waals surface area contributed by atoms with Gasteiger partial charge in [0.15, 0.2) is 11.7 Å². The molecule has 0 amide bonds. The molecule has 1 aliphatic rings. The third kappa shape index (κ3) is 6.95. The van der Waals surface area contributed by atoms with E-state index in [-0.39, 0.29) is 17.4 Å². The van der Waals surface area contributed by atoms with Crippen LogP contribution in [0.2, 0.25) is 0 Å². The fourth-order valence-corrected chi connectivity index (χ4v) is 2.91. The predicted octanol–water partition coefficient (Wildman–Crippen LogP) is 3.34. The molecule has 0 aliphatic carbocycles. The number of anilines is 1. The highest BCUT2D eigenvalue weighted by molar-refractivity contribution is 5.93. The Balaban J connectivity index is 1.56. The number of ether oxygens (including phenoxy) is 2. The van der Waals surface area contributed by atoms with E-state index in [4.69, 9.17) is 10.5 Å². The van der Waals surface area contributed by atoms with Gasteiger partial charge in [-0.25, -0.2) is 4.99 Å². The molecule has 2 aromatic carbocycles. The molecule has 0 atom stereocenters. The van der Waals surface area contributed by atoms with Crippen LogP contribution in [-0.2, 0) is 17.8 Å². The highest BCUT2D eigenvalue weighted by Crippen LogP contribution is 2.29. The van der Waals surface area contributed by atoms with Crippen molar-refractivity contribution in [3.63, 3.8) is 0 Å². The Morgan fingerprint density at radius 1 is 1.07 bits per heavy atom. The molecule has 6 nitrogen and oxygen atoms in total. The molecular weight excluding hydrogens is 385 g/mol. The monoisotopic (exact) mass is 408 g/mol. The number of nitrogens with one attached hydrogen (secondary N) is 1. The minimum atomic E-state index is -4.79. The Labute approximate surface area is 167 Å². The van der Waals surface area contributed by atoms with E-state index in [1.54, 1.807) is 6.07 Å². The van der Waals surface area contributed by atoms with E-state index >= 15 is 0 Å². The van der Waals surface area contributed by atoms with Crippen LogP contribution in [0.3, 0.4) is 0 Å². The van der Waals surface area contributed by atoms with Crippen molar-refractivity contribution in [3.8, 4) is 5.75 Å². The molecule has 1 heterocycles. The second kappa shape index (κ2) is 9.62. The first-order chi connectivity index (χ1) is 13.9. The smallest absolute Gasteiger partial charge is 0.404 e. The molecule has 1 aliphatic heterocycles. The third-order valence-corrected chi connectivity index (χ3v) is 4.34. The lowest BCUT2D eigenvalue weighted by atomic mass is 10.1. The van der Waals surface area contributed by atoms with Crippen molar-refractivity contribution in [2.24, 2.45) is 10.7 Å². The number of morpholine rings is 1. The van der Waals surface area contributed by atoms with Crippen LogP contribution in [0.15, 0.2) is 53.5 Å². The van der Waals surface area contributed by atoms with Crippen LogP contribution in [0.25, 0.3) is 0 Å². The van der Waals surface area contributed by atoms with Gasteiger partial charge in [-0.05, 0) is 23.3 Å². The van der Waals surface area contributed by atoms with Crippen LogP contribution in [-0.4, -0.2) is 43.5 Å². The van der Waals surface area contributed by atoms with Crippen LogP contribution in [0.5, 0.6) is 5.75 Å². The molecule has 3 N–H and O–H groups in total. The standard InChI is InChI=1S/C20H23F3N4O2/c21-20(22,23)29-18-4-2-1-3-17(18)26-19(24)25-13-15-5-7-16(8-6-15)14-27-9-11-28-12-10-27/h1-8H,9-14H2,(H3,24,25,26). The first kappa shape index (κ1) is 20.9. The molecule has 0 radical (unpaired) electrons. The molecule has 156 valence electrons. The quantitative estimate of drug-likeness (QED) is 0.567. The normalized spacial score (nSPS) is 15.9. The molecule has 0 aromatic heterocycles. The Bertz CT molecular complexity index is 819. The number of guanidine groups is 1. The number of hydrogen-bond acceptors (Lipinski definition) is 4. The topological polar surface area (TPSA) is 72.1 Å². The molecular formula is C20H23F3N4O2. The van der Waals surface area contributed by atoms with E-state index < -0.39 is 6.36 Å². The number of alkyl halides is 3. The van der Waals surface area contributed by atoms with Gasteiger partial charge in [-0.3, -0.25) is 4.90 Å². The molecule has 9 heteroatoms. The Morgan fingerprint density at radius 2 is 1.72 bits per heavy atom. The maximum Gasteiger partial charge on any atom is 0.573 e. The number of halogens is 3. The molecule has 3 rings (SSSR count). The fourth-order valence-electron chi connectivity index (χ4n) is 2.91. The van der Waals surface area contributed by atoms with Gasteiger partial charge in [0.25, 0.3) is 0 Å². The van der Waals surface area contributed by atoms with Gasteiger partial charge in [-0.1, -0.05) is 36.4 Å². The van der Waals surface area contributed by atoms with Crippen molar-refractivity contribution in [2.75, 3.05) is 31.6 Å². The maximum absolute atomic E-state index is 12.5. The van der Waals surface area contributed by atoms with E-state index in [1.807, 2.05) is 24.3 Å². The summed E-state index contributed by atoms with van der Waals surface area (Å²) in [5, 5.41) is 2.65. The SMILES string of the molecule is NC(=NCc1ccc(CN2CCOCC2)cc1)Nc1ccccc1OC(F)(F)F. The summed E-state index contributed by atoms with van der Waals surface area (Å²) in [5.41, 5.74) is 8.06. The number of nitrogens with two attached hydrogens (primary N) is 1. The van der Waals surface area contributed by atoms with Gasteiger partial charge in [-0.15, -0.1) is 13.2 Å². The number of rotatable bonds is 6. The van der Waals surface area contributed by atoms with Gasteiger partial charge >= 0.3 is 6.36 Å². The molecule has 0 bridgehead atoms. The summed E-state index contributed by atoms with van der Waals surface area (Å²) in [6.07, 6.45) is -4.79. The Kier molecular flexibility index (Phi) is 6.95. The van der Waals surface area contributed by atoms with Gasteiger partial charge in [0.05, 0.1) is 25.4 Å². The van der Waals surface area contributed by atoms with Gasteiger partial charge < -0.3 is 20.5 Å². The highest BCUT2D eigenvalue weighted by Gasteiger charge is 2.32. The Hall–Kier alpha value is -2.78. The molecule has 1 fully saturated rings. The highest BCUT2D eigenvalue weighted by atomic mass is 19.4. The zero-order valence-electron chi connectivity index (χ0n) is 15.8. The minimum absolute atomic E-state index is 0.000572. The second-order valence-electron chi connectivity index (χ2n) is 6.58. The summed E-state index contributed by atoms with van der Waals surface area (Å²) < 4.78 is 46.8. The lowest BCUT2D eigenvalue weighted by Gasteiger charge is -2.26. The van der Waals surface area contributed by atoms with Crippen LogP contribution >= 0.6 is 0 Å². The summed E-state index contributed by atoms with van der Waals surface area (Å²) in [4.78, 5) is 6.52. The van der Waals surface area contributed by atoms with Gasteiger partial charge in [0, 0.05) is 19.6 Å². The Morgan fingerprint density at radius 3 is 2.41 bits per heavy atom. The summed E-state index contributed by atoms with van der Waals surface area (Å²) in [5.74, 6) is -0.369. The zero-order valence-corrected chi connectivity index (χ0v) is 15.8. The van der Waals surface area contributed by atoms with Crippen LogP contribution in [0.1, 0.15) is 11.1 Å². The van der Waals surface area contributed by atoms with Gasteiger partial charge in [0.1, 0.15) is 0 Å². The van der Waals surface area contributed by atoms with Crippen molar-refractivity contribution >= 4 is 11.6 Å². The van der Waals surface area contributed by atoms with Crippen LogP contribution in [0.4, 0.5) is 18.9 Å². The van der Waals surface area contributed by atoms with E-state index in [0.717, 1.165) is 38.4 Å². The lowest BCUT2D eigenvalue weighted by Crippen LogP contribution is -2.35. The largest absolute Gasteiger partial charge is 0.573 e. The second-order valence-corrected chi connectivity index (χ2v) is 6.58. The van der Waals surface area contributed by atoms with Gasteiger partial charge in [0.2, 0.25) is 0 Å². The average molecular weight is 408 g/mol. The van der Waals surface area contributed by atoms with Crippen molar-refractivity contribution in [1.82, 2.24) is 4.90 Å². The average Bonchev–Trinajstić information content (AvgIpc) is 2.69. The van der Waals surface area contributed by atoms with E-state index in [2.05, 4.69) is 19.9 Å². The maximum atomic E-state index is 12.5. The molecule has 2 aromatic rings. The molecule has 1 saturated heterocycles. The van der Waals surface area contributed by atoms with E-state index in [0.29, 0.717) is 6.54 Å². The number of para-hydroxylation sites is 2. The number of aliphatic imine (C=N–C) groups is 1. The molecule has 0 saturated carbocycles. The number of nitrogens with zero attached hydrogens (tertiary/aromatic N) is 2. The first-order valence-corrected chi connectivity index (χ1v) is 9.19. The molecule has 0 unspecified atom stereocenters. The van der Waals surface area contributed by atoms with Crippen LogP contribution in [0, 0.1) is 0 Å². The number of hydrogen-bond donors (Lipinski definition) is 2. The third-order valence-electron chi connectivity index (χ3n) is 4.34. The van der Waals surface area contributed by atoms with Crippen molar-refractivity contribution in [3.05, 3.63) is 59.7 Å². The molecule has 29 heavy (non-hydrogen) atoms.